The Labute approximate surface area is 75.4 Å². The second kappa shape index (κ2) is 3.35. The van der Waals surface area contributed by atoms with Gasteiger partial charge in [-0.15, -0.1) is 0 Å². The fourth-order valence-corrected chi connectivity index (χ4v) is 2.47. The fourth-order valence-electron chi connectivity index (χ4n) is 2.47. The monoisotopic (exact) mass is 171 g/mol. The van der Waals surface area contributed by atoms with Crippen molar-refractivity contribution in [1.29, 1.82) is 0 Å². The number of rotatable bonds is 1. The molecule has 0 aromatic heterocycles. The molecule has 2 N–H and O–H groups in total. The van der Waals surface area contributed by atoms with E-state index in [1.54, 1.807) is 0 Å². The highest BCUT2D eigenvalue weighted by Gasteiger charge is 2.43. The van der Waals surface area contributed by atoms with Crippen LogP contribution in [0.1, 0.15) is 27.7 Å². The summed E-state index contributed by atoms with van der Waals surface area (Å²) < 4.78 is 0. The maximum absolute atomic E-state index is 10.4. The standard InChI is InChI=1S/C10H21NO/c1-7(2)10(12)8(3)5-11-6-9(10)4/h7-9,11-12H,5-6H2,1-4H3/t8-,9+,10?. The molecular weight excluding hydrogens is 150 g/mol. The van der Waals surface area contributed by atoms with Gasteiger partial charge in [-0.3, -0.25) is 0 Å². The minimum Gasteiger partial charge on any atom is -0.389 e. The van der Waals surface area contributed by atoms with Gasteiger partial charge in [0.2, 0.25) is 0 Å². The molecule has 0 aliphatic carbocycles. The Morgan fingerprint density at radius 2 is 1.67 bits per heavy atom. The lowest BCUT2D eigenvalue weighted by atomic mass is 9.69. The summed E-state index contributed by atoms with van der Waals surface area (Å²) >= 11 is 0. The van der Waals surface area contributed by atoms with E-state index >= 15 is 0 Å². The van der Waals surface area contributed by atoms with Gasteiger partial charge in [0.25, 0.3) is 0 Å². The maximum atomic E-state index is 10.4. The molecule has 0 spiro atoms. The van der Waals surface area contributed by atoms with Crippen molar-refractivity contribution < 1.29 is 5.11 Å². The van der Waals surface area contributed by atoms with Crippen LogP contribution in [0.5, 0.6) is 0 Å². The Morgan fingerprint density at radius 1 is 1.25 bits per heavy atom. The first kappa shape index (κ1) is 10.0. The van der Waals surface area contributed by atoms with Crippen molar-refractivity contribution in [2.45, 2.75) is 33.3 Å². The van der Waals surface area contributed by atoms with E-state index in [9.17, 15) is 5.11 Å². The van der Waals surface area contributed by atoms with Gasteiger partial charge in [-0.05, 0) is 17.8 Å². The number of nitrogens with one attached hydrogen (secondary N) is 1. The van der Waals surface area contributed by atoms with Crippen LogP contribution in [-0.4, -0.2) is 23.8 Å². The van der Waals surface area contributed by atoms with E-state index in [1.807, 2.05) is 0 Å². The summed E-state index contributed by atoms with van der Waals surface area (Å²) in [4.78, 5) is 0. The van der Waals surface area contributed by atoms with Crippen molar-refractivity contribution in [2.24, 2.45) is 17.8 Å². The first-order valence-corrected chi connectivity index (χ1v) is 4.92. The van der Waals surface area contributed by atoms with Crippen LogP contribution in [0.2, 0.25) is 0 Å². The van der Waals surface area contributed by atoms with Crippen LogP contribution in [0, 0.1) is 17.8 Å². The van der Waals surface area contributed by atoms with Gasteiger partial charge < -0.3 is 10.4 Å². The molecule has 1 rings (SSSR count). The van der Waals surface area contributed by atoms with Crippen molar-refractivity contribution in [1.82, 2.24) is 5.32 Å². The maximum Gasteiger partial charge on any atom is 0.0745 e. The third-order valence-corrected chi connectivity index (χ3v) is 3.40. The predicted octanol–water partition coefficient (Wildman–Crippen LogP) is 1.25. The van der Waals surface area contributed by atoms with Gasteiger partial charge in [0.05, 0.1) is 5.60 Å². The summed E-state index contributed by atoms with van der Waals surface area (Å²) in [6.07, 6.45) is 0. The minimum absolute atomic E-state index is 0.351. The van der Waals surface area contributed by atoms with E-state index < -0.39 is 5.60 Å². The average Bonchev–Trinajstić information content (AvgIpc) is 1.99. The van der Waals surface area contributed by atoms with E-state index in [0.29, 0.717) is 17.8 Å². The lowest BCUT2D eigenvalue weighted by molar-refractivity contribution is -0.109. The zero-order valence-corrected chi connectivity index (χ0v) is 8.59. The number of piperidine rings is 1. The van der Waals surface area contributed by atoms with Crippen LogP contribution in [0.15, 0.2) is 0 Å². The number of hydrogen-bond acceptors (Lipinski definition) is 2. The van der Waals surface area contributed by atoms with Crippen LogP contribution in [0.3, 0.4) is 0 Å². The van der Waals surface area contributed by atoms with Gasteiger partial charge >= 0.3 is 0 Å². The summed E-state index contributed by atoms with van der Waals surface area (Å²) in [5.41, 5.74) is -0.467. The molecule has 0 bridgehead atoms. The highest BCUT2D eigenvalue weighted by molar-refractivity contribution is 4.96. The minimum atomic E-state index is -0.467. The second-order valence-electron chi connectivity index (χ2n) is 4.50. The highest BCUT2D eigenvalue weighted by atomic mass is 16.3. The smallest absolute Gasteiger partial charge is 0.0745 e. The van der Waals surface area contributed by atoms with Gasteiger partial charge in [0.15, 0.2) is 0 Å². The van der Waals surface area contributed by atoms with Gasteiger partial charge in [-0.25, -0.2) is 0 Å². The molecule has 1 unspecified atom stereocenters. The zero-order chi connectivity index (χ0) is 9.35. The Hall–Kier alpha value is -0.0800. The molecule has 2 heteroatoms. The molecular formula is C10H21NO. The molecule has 1 fully saturated rings. The normalized spacial score (nSPS) is 43.5. The molecule has 0 aromatic carbocycles. The lowest BCUT2D eigenvalue weighted by Gasteiger charge is -2.46. The first-order chi connectivity index (χ1) is 5.49. The van der Waals surface area contributed by atoms with Crippen LogP contribution >= 0.6 is 0 Å². The predicted molar refractivity (Wildman–Crippen MR) is 51.0 cm³/mol. The molecule has 0 radical (unpaired) electrons. The molecule has 1 heterocycles. The van der Waals surface area contributed by atoms with Crippen LogP contribution < -0.4 is 5.32 Å². The first-order valence-electron chi connectivity index (χ1n) is 4.92. The Balaban J connectivity index is 2.80. The number of hydrogen-bond donors (Lipinski definition) is 2. The Kier molecular flexibility index (Phi) is 2.79. The highest BCUT2D eigenvalue weighted by Crippen LogP contribution is 2.35. The molecule has 72 valence electrons. The van der Waals surface area contributed by atoms with Crippen LogP contribution in [0.25, 0.3) is 0 Å². The van der Waals surface area contributed by atoms with Crippen LogP contribution in [-0.2, 0) is 0 Å². The van der Waals surface area contributed by atoms with E-state index in [4.69, 9.17) is 0 Å². The van der Waals surface area contributed by atoms with E-state index in [-0.39, 0.29) is 0 Å². The molecule has 2 nitrogen and oxygen atoms in total. The largest absolute Gasteiger partial charge is 0.389 e. The number of aliphatic hydroxyl groups is 1. The van der Waals surface area contributed by atoms with Gasteiger partial charge in [-0.1, -0.05) is 27.7 Å². The molecule has 1 aliphatic rings. The summed E-state index contributed by atoms with van der Waals surface area (Å²) in [6, 6.07) is 0. The third kappa shape index (κ3) is 1.38. The zero-order valence-electron chi connectivity index (χ0n) is 8.59. The van der Waals surface area contributed by atoms with Crippen LogP contribution in [0.4, 0.5) is 0 Å². The van der Waals surface area contributed by atoms with Gasteiger partial charge in [-0.2, -0.15) is 0 Å². The van der Waals surface area contributed by atoms with Gasteiger partial charge in [0.1, 0.15) is 0 Å². The van der Waals surface area contributed by atoms with Crippen molar-refractivity contribution >= 4 is 0 Å². The summed E-state index contributed by atoms with van der Waals surface area (Å²) in [6.45, 7) is 10.4. The molecule has 0 amide bonds. The Bertz CT molecular complexity index is 146. The van der Waals surface area contributed by atoms with E-state index in [0.717, 1.165) is 13.1 Å². The fraction of sp³-hybridized carbons (Fsp3) is 1.00. The summed E-state index contributed by atoms with van der Waals surface area (Å²) in [5.74, 6) is 1.08. The quantitative estimate of drug-likeness (QED) is 0.622. The van der Waals surface area contributed by atoms with E-state index in [2.05, 4.69) is 33.0 Å². The molecule has 1 aliphatic heterocycles. The second-order valence-corrected chi connectivity index (χ2v) is 4.50. The topological polar surface area (TPSA) is 32.3 Å². The Morgan fingerprint density at radius 3 is 1.92 bits per heavy atom. The van der Waals surface area contributed by atoms with Crippen molar-refractivity contribution in [3.05, 3.63) is 0 Å². The lowest BCUT2D eigenvalue weighted by Crippen LogP contribution is -2.57. The van der Waals surface area contributed by atoms with Gasteiger partial charge in [0, 0.05) is 13.1 Å². The van der Waals surface area contributed by atoms with Crippen molar-refractivity contribution in [3.8, 4) is 0 Å². The molecule has 12 heavy (non-hydrogen) atoms. The summed E-state index contributed by atoms with van der Waals surface area (Å²) in [5, 5.41) is 13.8. The average molecular weight is 171 g/mol. The van der Waals surface area contributed by atoms with Crippen molar-refractivity contribution in [3.63, 3.8) is 0 Å². The SMILES string of the molecule is CC(C)C1(O)[C@H](C)CNC[C@@H]1C. The third-order valence-electron chi connectivity index (χ3n) is 3.40. The molecule has 1 saturated heterocycles. The summed E-state index contributed by atoms with van der Waals surface area (Å²) in [7, 11) is 0. The molecule has 3 atom stereocenters. The molecule has 0 aromatic rings. The molecule has 0 saturated carbocycles. The van der Waals surface area contributed by atoms with Crippen molar-refractivity contribution in [2.75, 3.05) is 13.1 Å². The van der Waals surface area contributed by atoms with E-state index in [1.165, 1.54) is 0 Å².